The first kappa shape index (κ1) is 22.2. The second-order valence-electron chi connectivity index (χ2n) is 6.46. The van der Waals surface area contributed by atoms with Crippen LogP contribution < -0.4 is 14.6 Å². The van der Waals surface area contributed by atoms with Crippen LogP contribution in [0, 0.1) is 0 Å². The lowest BCUT2D eigenvalue weighted by molar-refractivity contribution is 0.415. The molecule has 0 aliphatic carbocycles. The Kier molecular flexibility index (Phi) is 7.17. The molecule has 0 aliphatic rings. The smallest absolute Gasteiger partial charge is 0.138 e. The Hall–Kier alpha value is -3.49. The fraction of sp³-hybridized carbons (Fsp3) is 0.130. The minimum absolute atomic E-state index is 0.105. The predicted octanol–water partition coefficient (Wildman–Crippen LogP) is 4.90. The van der Waals surface area contributed by atoms with Gasteiger partial charge < -0.3 is 9.47 Å². The minimum atomic E-state index is -3.08. The summed E-state index contributed by atoms with van der Waals surface area (Å²) in [5, 5.41) is 6.82. The van der Waals surface area contributed by atoms with Gasteiger partial charge >= 0.3 is 0 Å². The topological polar surface area (TPSA) is 99.2 Å². The van der Waals surface area contributed by atoms with E-state index in [0.29, 0.717) is 22.1 Å². The molecule has 1 unspecified atom stereocenters. The molecule has 1 heterocycles. The van der Waals surface area contributed by atoms with Gasteiger partial charge in [-0.15, -0.1) is 0 Å². The number of aromatic nitrogens is 1. The summed E-state index contributed by atoms with van der Waals surface area (Å²) in [7, 11) is -1.47. The Morgan fingerprint density at radius 3 is 2.61 bits per heavy atom. The van der Waals surface area contributed by atoms with Crippen LogP contribution in [0.4, 0.5) is 0 Å². The van der Waals surface area contributed by atoms with Crippen molar-refractivity contribution in [3.63, 3.8) is 0 Å². The number of hydrogen-bond donors (Lipinski definition) is 1. The number of nitrogens with two attached hydrogens (primary N) is 1. The van der Waals surface area contributed by atoms with Crippen LogP contribution in [0.25, 0.3) is 10.9 Å². The zero-order valence-electron chi connectivity index (χ0n) is 17.4. The van der Waals surface area contributed by atoms with Crippen molar-refractivity contribution < 1.29 is 13.7 Å². The Morgan fingerprint density at radius 2 is 1.94 bits per heavy atom. The number of hydrogen-bond acceptors (Lipinski definition) is 6. The van der Waals surface area contributed by atoms with Crippen molar-refractivity contribution in [2.45, 2.75) is 11.8 Å². The van der Waals surface area contributed by atoms with Crippen molar-refractivity contribution in [1.29, 1.82) is 0 Å². The van der Waals surface area contributed by atoms with Gasteiger partial charge in [0.05, 0.1) is 29.8 Å². The van der Waals surface area contributed by atoms with Gasteiger partial charge in [-0.1, -0.05) is 12.2 Å². The van der Waals surface area contributed by atoms with E-state index in [4.69, 9.17) is 14.6 Å². The molecule has 7 nitrogen and oxygen atoms in total. The van der Waals surface area contributed by atoms with Crippen LogP contribution in [0.5, 0.6) is 17.2 Å². The molecular weight excluding hydrogens is 412 g/mol. The lowest BCUT2D eigenvalue weighted by Gasteiger charge is -2.10. The number of methoxy groups -OCH3 is 1. The first-order valence-electron chi connectivity index (χ1n) is 9.47. The van der Waals surface area contributed by atoms with E-state index in [0.717, 1.165) is 16.7 Å². The maximum absolute atomic E-state index is 12.8. The number of rotatable bonds is 8. The molecule has 3 rings (SSSR count). The SMILES string of the molecule is C=N/C(=C\C=C/C)CN=S(N)(=O)c1ccc(Oc2ccnc3cc(OC)ccc23)cc1. The summed E-state index contributed by atoms with van der Waals surface area (Å²) >= 11 is 0. The van der Waals surface area contributed by atoms with Gasteiger partial charge in [0, 0.05) is 17.6 Å². The highest BCUT2D eigenvalue weighted by Gasteiger charge is 2.09. The van der Waals surface area contributed by atoms with Crippen molar-refractivity contribution >= 4 is 27.5 Å². The van der Waals surface area contributed by atoms with Crippen LogP contribution in [-0.4, -0.2) is 29.6 Å². The highest BCUT2D eigenvalue weighted by molar-refractivity contribution is 7.91. The molecule has 0 saturated carbocycles. The number of ether oxygens (including phenoxy) is 2. The van der Waals surface area contributed by atoms with Gasteiger partial charge in [0.15, 0.2) is 0 Å². The van der Waals surface area contributed by atoms with E-state index in [1.807, 2.05) is 37.3 Å². The van der Waals surface area contributed by atoms with Crippen LogP contribution in [0.15, 0.2) is 92.9 Å². The molecular formula is C23H24N4O3S. The molecule has 0 bridgehead atoms. The normalized spacial score (nSPS) is 13.7. The quantitative estimate of drug-likeness (QED) is 0.401. The highest BCUT2D eigenvalue weighted by Crippen LogP contribution is 2.31. The Bertz CT molecular complexity index is 1260. The van der Waals surface area contributed by atoms with Gasteiger partial charge in [-0.05, 0) is 62.2 Å². The number of benzene rings is 2. The molecule has 0 spiro atoms. The van der Waals surface area contributed by atoms with Gasteiger partial charge in [-0.25, -0.2) is 13.7 Å². The summed E-state index contributed by atoms with van der Waals surface area (Å²) in [6, 6.07) is 14.1. The molecule has 0 fully saturated rings. The molecule has 0 radical (unpaired) electrons. The van der Waals surface area contributed by atoms with E-state index in [9.17, 15) is 4.21 Å². The van der Waals surface area contributed by atoms with Crippen molar-refractivity contribution in [2.24, 2.45) is 14.5 Å². The van der Waals surface area contributed by atoms with Crippen LogP contribution >= 0.6 is 0 Å². The molecule has 1 aromatic heterocycles. The molecule has 0 amide bonds. The van der Waals surface area contributed by atoms with Gasteiger partial charge in [-0.3, -0.25) is 9.98 Å². The molecule has 160 valence electrons. The van der Waals surface area contributed by atoms with Crippen LogP contribution in [-0.2, 0) is 9.92 Å². The Balaban J connectivity index is 1.82. The fourth-order valence-electron chi connectivity index (χ4n) is 2.75. The van der Waals surface area contributed by atoms with Crippen LogP contribution in [0.1, 0.15) is 6.92 Å². The summed E-state index contributed by atoms with van der Waals surface area (Å²) < 4.78 is 28.2. The van der Waals surface area contributed by atoms with Crippen molar-refractivity contribution in [3.05, 3.63) is 78.7 Å². The Labute approximate surface area is 182 Å². The third-order valence-corrected chi connectivity index (χ3v) is 5.86. The Morgan fingerprint density at radius 1 is 1.19 bits per heavy atom. The summed E-state index contributed by atoms with van der Waals surface area (Å²) in [5.74, 6) is 1.94. The highest BCUT2D eigenvalue weighted by atomic mass is 32.2. The van der Waals surface area contributed by atoms with Gasteiger partial charge in [0.25, 0.3) is 0 Å². The molecule has 2 aromatic carbocycles. The van der Waals surface area contributed by atoms with E-state index >= 15 is 0 Å². The van der Waals surface area contributed by atoms with Crippen molar-refractivity contribution in [1.82, 2.24) is 4.98 Å². The first-order chi connectivity index (χ1) is 15.0. The number of aliphatic imine (C=N–C) groups is 1. The molecule has 31 heavy (non-hydrogen) atoms. The van der Waals surface area contributed by atoms with Crippen LogP contribution in [0.3, 0.4) is 0 Å². The summed E-state index contributed by atoms with van der Waals surface area (Å²) in [6.45, 7) is 5.49. The third-order valence-electron chi connectivity index (χ3n) is 4.40. The fourth-order valence-corrected chi connectivity index (χ4v) is 3.75. The molecule has 8 heteroatoms. The monoisotopic (exact) mass is 436 g/mol. The average molecular weight is 437 g/mol. The number of nitrogens with zero attached hydrogens (tertiary/aromatic N) is 3. The molecule has 0 saturated heterocycles. The average Bonchev–Trinajstić information content (AvgIpc) is 2.79. The van der Waals surface area contributed by atoms with Gasteiger partial charge in [0.2, 0.25) is 0 Å². The zero-order valence-corrected chi connectivity index (χ0v) is 18.2. The maximum atomic E-state index is 12.8. The number of pyridine rings is 1. The van der Waals surface area contributed by atoms with E-state index in [1.165, 1.54) is 0 Å². The van der Waals surface area contributed by atoms with Crippen LogP contribution in [0.2, 0.25) is 0 Å². The first-order valence-corrected chi connectivity index (χ1v) is 11.0. The second kappa shape index (κ2) is 10.0. The van der Waals surface area contributed by atoms with E-state index < -0.39 is 9.92 Å². The molecule has 0 aliphatic heterocycles. The lowest BCUT2D eigenvalue weighted by Crippen LogP contribution is -2.13. The largest absolute Gasteiger partial charge is 0.497 e. The molecule has 1 atom stereocenters. The lowest BCUT2D eigenvalue weighted by atomic mass is 10.2. The summed E-state index contributed by atoms with van der Waals surface area (Å²) in [4.78, 5) is 8.62. The maximum Gasteiger partial charge on any atom is 0.138 e. The van der Waals surface area contributed by atoms with Crippen molar-refractivity contribution in [2.75, 3.05) is 13.7 Å². The van der Waals surface area contributed by atoms with E-state index in [-0.39, 0.29) is 6.54 Å². The molecule has 2 N–H and O–H groups in total. The third kappa shape index (κ3) is 5.56. The van der Waals surface area contributed by atoms with E-state index in [1.54, 1.807) is 49.7 Å². The number of allylic oxidation sites excluding steroid dienone is 3. The van der Waals surface area contributed by atoms with Crippen molar-refractivity contribution in [3.8, 4) is 17.2 Å². The predicted molar refractivity (Wildman–Crippen MR) is 125 cm³/mol. The number of fused-ring (bicyclic) bond motifs is 1. The van der Waals surface area contributed by atoms with Gasteiger partial charge in [0.1, 0.15) is 27.2 Å². The standard InChI is InChI=1S/C23H24N4O3S/c1-4-5-6-17(25-2)16-27-31(24,28)20-10-7-18(8-11-20)30-23-13-14-26-22-15-19(29-3)9-12-21(22)23/h4-15H,2,16H2,1,3H3,(H2,24,27,28)/b5-4-,17-6-. The zero-order chi connectivity index (χ0) is 22.3. The summed E-state index contributed by atoms with van der Waals surface area (Å²) in [6.07, 6.45) is 7.08. The van der Waals surface area contributed by atoms with Gasteiger partial charge in [-0.2, -0.15) is 0 Å². The van der Waals surface area contributed by atoms with E-state index in [2.05, 4.69) is 21.1 Å². The minimum Gasteiger partial charge on any atom is -0.497 e. The summed E-state index contributed by atoms with van der Waals surface area (Å²) in [5.41, 5.74) is 1.34. The second-order valence-corrected chi connectivity index (χ2v) is 8.33. The molecule has 3 aromatic rings.